The number of thiazole rings is 1. The Morgan fingerprint density at radius 3 is 2.84 bits per heavy atom. The van der Waals surface area contributed by atoms with Crippen molar-refractivity contribution in [1.29, 1.82) is 0 Å². The SMILES string of the molecule is COc1cc(C(=O)N(C)C2CCNCC2)ccc1OCc1cscn1. The molecule has 6 nitrogen and oxygen atoms in total. The molecule has 1 aliphatic rings. The van der Waals surface area contributed by atoms with Gasteiger partial charge >= 0.3 is 0 Å². The van der Waals surface area contributed by atoms with Gasteiger partial charge in [0.2, 0.25) is 0 Å². The highest BCUT2D eigenvalue weighted by molar-refractivity contribution is 7.07. The Morgan fingerprint density at radius 2 is 2.16 bits per heavy atom. The summed E-state index contributed by atoms with van der Waals surface area (Å²) < 4.78 is 11.2. The number of rotatable bonds is 6. The van der Waals surface area contributed by atoms with E-state index >= 15 is 0 Å². The number of ether oxygens (including phenoxy) is 2. The van der Waals surface area contributed by atoms with E-state index in [9.17, 15) is 4.79 Å². The molecule has 2 aromatic rings. The van der Waals surface area contributed by atoms with E-state index in [0.29, 0.717) is 23.7 Å². The summed E-state index contributed by atoms with van der Waals surface area (Å²) in [6.45, 7) is 2.28. The number of nitrogens with one attached hydrogen (secondary N) is 1. The van der Waals surface area contributed by atoms with Crippen molar-refractivity contribution in [3.05, 3.63) is 40.3 Å². The summed E-state index contributed by atoms with van der Waals surface area (Å²) in [6.07, 6.45) is 1.96. The van der Waals surface area contributed by atoms with Crippen LogP contribution < -0.4 is 14.8 Å². The van der Waals surface area contributed by atoms with Crippen LogP contribution in [0.1, 0.15) is 28.9 Å². The third-order valence-electron chi connectivity index (χ3n) is 4.45. The van der Waals surface area contributed by atoms with Gasteiger partial charge < -0.3 is 19.7 Å². The van der Waals surface area contributed by atoms with Crippen LogP contribution in [0.4, 0.5) is 0 Å². The van der Waals surface area contributed by atoms with Gasteiger partial charge in [0.25, 0.3) is 5.91 Å². The maximum Gasteiger partial charge on any atom is 0.253 e. The first kappa shape index (κ1) is 17.7. The van der Waals surface area contributed by atoms with Crippen molar-refractivity contribution >= 4 is 17.2 Å². The van der Waals surface area contributed by atoms with Gasteiger partial charge in [-0.25, -0.2) is 4.98 Å². The maximum absolute atomic E-state index is 12.8. The molecule has 0 saturated carbocycles. The number of hydrogen-bond donors (Lipinski definition) is 1. The summed E-state index contributed by atoms with van der Waals surface area (Å²) in [4.78, 5) is 18.8. The van der Waals surface area contributed by atoms with Crippen molar-refractivity contribution < 1.29 is 14.3 Å². The molecular weight excluding hydrogens is 338 g/mol. The van der Waals surface area contributed by atoms with Gasteiger partial charge in [0.15, 0.2) is 11.5 Å². The topological polar surface area (TPSA) is 63.7 Å². The number of carbonyl (C=O) groups is 1. The standard InChI is InChI=1S/C18H23N3O3S/c1-21(15-5-7-19-8-6-15)18(22)13-3-4-16(17(9-13)23-2)24-10-14-11-25-12-20-14/h3-4,9,11-12,15,19H,5-8,10H2,1-2H3. The summed E-state index contributed by atoms with van der Waals surface area (Å²) in [5, 5.41) is 5.26. The lowest BCUT2D eigenvalue weighted by molar-refractivity contribution is 0.0703. The van der Waals surface area contributed by atoms with Crippen molar-refractivity contribution in [2.24, 2.45) is 0 Å². The van der Waals surface area contributed by atoms with E-state index < -0.39 is 0 Å². The van der Waals surface area contributed by atoms with E-state index in [1.807, 2.05) is 17.3 Å². The molecule has 1 fully saturated rings. The minimum absolute atomic E-state index is 0.0104. The molecule has 0 unspecified atom stereocenters. The lowest BCUT2D eigenvalue weighted by Gasteiger charge is -2.31. The van der Waals surface area contributed by atoms with Crippen LogP contribution in [0.2, 0.25) is 0 Å². The first-order chi connectivity index (χ1) is 12.2. The molecule has 0 bridgehead atoms. The van der Waals surface area contributed by atoms with Gasteiger partial charge in [-0.05, 0) is 44.1 Å². The fraction of sp³-hybridized carbons (Fsp3) is 0.444. The highest BCUT2D eigenvalue weighted by Gasteiger charge is 2.23. The lowest BCUT2D eigenvalue weighted by Crippen LogP contribution is -2.43. The summed E-state index contributed by atoms with van der Waals surface area (Å²) in [6, 6.07) is 5.60. The minimum Gasteiger partial charge on any atom is -0.493 e. The van der Waals surface area contributed by atoms with Crippen LogP contribution in [-0.4, -0.2) is 49.1 Å². The second-order valence-electron chi connectivity index (χ2n) is 6.03. The van der Waals surface area contributed by atoms with Gasteiger partial charge in [-0.15, -0.1) is 11.3 Å². The van der Waals surface area contributed by atoms with Gasteiger partial charge in [-0.3, -0.25) is 4.79 Å². The Hall–Kier alpha value is -2.12. The Balaban J connectivity index is 1.70. The Bertz CT molecular complexity index is 700. The average molecular weight is 361 g/mol. The number of hydrogen-bond acceptors (Lipinski definition) is 6. The van der Waals surface area contributed by atoms with Crippen molar-refractivity contribution in [1.82, 2.24) is 15.2 Å². The highest BCUT2D eigenvalue weighted by atomic mass is 32.1. The molecular formula is C18H23N3O3S. The first-order valence-corrected chi connectivity index (χ1v) is 9.29. The van der Waals surface area contributed by atoms with Crippen molar-refractivity contribution in [3.63, 3.8) is 0 Å². The minimum atomic E-state index is 0.0104. The molecule has 3 rings (SSSR count). The fourth-order valence-electron chi connectivity index (χ4n) is 2.94. The van der Waals surface area contributed by atoms with Gasteiger partial charge in [-0.2, -0.15) is 0 Å². The average Bonchev–Trinajstić information content (AvgIpc) is 3.19. The molecule has 1 amide bonds. The third kappa shape index (κ3) is 4.29. The molecule has 134 valence electrons. The van der Waals surface area contributed by atoms with E-state index in [2.05, 4.69) is 10.3 Å². The van der Waals surface area contributed by atoms with Crippen molar-refractivity contribution in [3.8, 4) is 11.5 Å². The first-order valence-electron chi connectivity index (χ1n) is 8.35. The fourth-order valence-corrected chi connectivity index (χ4v) is 3.49. The van der Waals surface area contributed by atoms with E-state index in [1.54, 1.807) is 30.8 Å². The Labute approximate surface area is 151 Å². The number of methoxy groups -OCH3 is 1. The normalized spacial score (nSPS) is 15.0. The molecule has 1 aliphatic heterocycles. The van der Waals surface area contributed by atoms with Crippen molar-refractivity contribution in [2.75, 3.05) is 27.2 Å². The van der Waals surface area contributed by atoms with Crippen LogP contribution in [0, 0.1) is 0 Å². The number of nitrogens with zero attached hydrogens (tertiary/aromatic N) is 2. The van der Waals surface area contributed by atoms with Gasteiger partial charge in [-0.1, -0.05) is 0 Å². The predicted octanol–water partition coefficient (Wildman–Crippen LogP) is 2.55. The second kappa shape index (κ2) is 8.31. The number of carbonyl (C=O) groups excluding carboxylic acids is 1. The Kier molecular flexibility index (Phi) is 5.88. The summed E-state index contributed by atoms with van der Waals surface area (Å²) in [7, 11) is 3.45. The molecule has 7 heteroatoms. The summed E-state index contributed by atoms with van der Waals surface area (Å²) in [5.74, 6) is 1.17. The smallest absolute Gasteiger partial charge is 0.253 e. The molecule has 1 aromatic carbocycles. The van der Waals surface area contributed by atoms with Gasteiger partial charge in [0.05, 0.1) is 18.3 Å². The quantitative estimate of drug-likeness (QED) is 0.857. The Morgan fingerprint density at radius 1 is 1.36 bits per heavy atom. The molecule has 25 heavy (non-hydrogen) atoms. The molecule has 0 aliphatic carbocycles. The number of aromatic nitrogens is 1. The van der Waals surface area contributed by atoms with Crippen molar-refractivity contribution in [2.45, 2.75) is 25.5 Å². The molecule has 1 aromatic heterocycles. The summed E-state index contributed by atoms with van der Waals surface area (Å²) >= 11 is 1.53. The molecule has 2 heterocycles. The van der Waals surface area contributed by atoms with E-state index in [1.165, 1.54) is 11.3 Å². The zero-order valence-electron chi connectivity index (χ0n) is 14.5. The maximum atomic E-state index is 12.8. The van der Waals surface area contributed by atoms with Crippen LogP contribution in [0.15, 0.2) is 29.1 Å². The molecule has 0 spiro atoms. The largest absolute Gasteiger partial charge is 0.493 e. The monoisotopic (exact) mass is 361 g/mol. The predicted molar refractivity (Wildman–Crippen MR) is 97.4 cm³/mol. The van der Waals surface area contributed by atoms with E-state index in [-0.39, 0.29) is 11.9 Å². The molecule has 1 N–H and O–H groups in total. The number of benzene rings is 1. The van der Waals surface area contributed by atoms with Gasteiger partial charge in [0.1, 0.15) is 6.61 Å². The van der Waals surface area contributed by atoms with Crippen LogP contribution in [0.25, 0.3) is 0 Å². The molecule has 0 radical (unpaired) electrons. The number of amides is 1. The van der Waals surface area contributed by atoms with Crippen LogP contribution >= 0.6 is 11.3 Å². The van der Waals surface area contributed by atoms with Gasteiger partial charge in [0, 0.05) is 24.0 Å². The summed E-state index contributed by atoms with van der Waals surface area (Å²) in [5.41, 5.74) is 3.26. The third-order valence-corrected chi connectivity index (χ3v) is 5.08. The second-order valence-corrected chi connectivity index (χ2v) is 6.75. The van der Waals surface area contributed by atoms with Crippen LogP contribution in [0.3, 0.4) is 0 Å². The van der Waals surface area contributed by atoms with E-state index in [0.717, 1.165) is 31.6 Å². The van der Waals surface area contributed by atoms with Crippen LogP contribution in [-0.2, 0) is 6.61 Å². The zero-order valence-corrected chi connectivity index (χ0v) is 15.3. The van der Waals surface area contributed by atoms with Crippen LogP contribution in [0.5, 0.6) is 11.5 Å². The number of piperidine rings is 1. The lowest BCUT2D eigenvalue weighted by atomic mass is 10.0. The highest BCUT2D eigenvalue weighted by Crippen LogP contribution is 2.29. The zero-order chi connectivity index (χ0) is 17.6. The van der Waals surface area contributed by atoms with E-state index in [4.69, 9.17) is 9.47 Å². The molecule has 1 saturated heterocycles. The molecule has 0 atom stereocenters.